The average Bonchev–Trinajstić information content (AvgIpc) is 3.19. The number of rotatable bonds is 6. The van der Waals surface area contributed by atoms with E-state index < -0.39 is 0 Å². The Bertz CT molecular complexity index is 1150. The SMILES string of the molecule is C[C@@H]1CN(Cc2ccc(F)cc2)CCN1C(=O)/C=C/c1ccc(Cl)cc1Cc1nnn(C)n1. The van der Waals surface area contributed by atoms with Crippen molar-refractivity contribution in [3.8, 4) is 0 Å². The summed E-state index contributed by atoms with van der Waals surface area (Å²) < 4.78 is 13.1. The van der Waals surface area contributed by atoms with Gasteiger partial charge in [0.05, 0.1) is 7.05 Å². The van der Waals surface area contributed by atoms with Crippen LogP contribution in [0.3, 0.4) is 0 Å². The fourth-order valence-electron chi connectivity index (χ4n) is 4.06. The van der Waals surface area contributed by atoms with E-state index >= 15 is 0 Å². The molecule has 1 amide bonds. The first kappa shape index (κ1) is 23.1. The fourth-order valence-corrected chi connectivity index (χ4v) is 4.26. The molecule has 0 unspecified atom stereocenters. The van der Waals surface area contributed by atoms with Crippen molar-refractivity contribution >= 4 is 23.6 Å². The van der Waals surface area contributed by atoms with Gasteiger partial charge in [-0.15, -0.1) is 10.2 Å². The Labute approximate surface area is 197 Å². The number of aromatic nitrogens is 4. The van der Waals surface area contributed by atoms with Crippen LogP contribution in [0.1, 0.15) is 29.4 Å². The molecule has 4 rings (SSSR count). The molecule has 0 spiro atoms. The van der Waals surface area contributed by atoms with Crippen LogP contribution >= 0.6 is 11.6 Å². The highest BCUT2D eigenvalue weighted by Crippen LogP contribution is 2.20. The molecule has 33 heavy (non-hydrogen) atoms. The molecule has 3 aromatic rings. The van der Waals surface area contributed by atoms with Crippen LogP contribution in [0.2, 0.25) is 5.02 Å². The summed E-state index contributed by atoms with van der Waals surface area (Å²) in [6.07, 6.45) is 3.91. The third-order valence-electron chi connectivity index (χ3n) is 5.72. The molecule has 1 saturated heterocycles. The van der Waals surface area contributed by atoms with Gasteiger partial charge in [-0.25, -0.2) is 4.39 Å². The summed E-state index contributed by atoms with van der Waals surface area (Å²) in [6.45, 7) is 4.97. The minimum atomic E-state index is -0.230. The number of aryl methyl sites for hydroxylation is 1. The number of carbonyl (C=O) groups is 1. The fraction of sp³-hybridized carbons (Fsp3) is 0.333. The summed E-state index contributed by atoms with van der Waals surface area (Å²) in [6, 6.07) is 12.2. The Morgan fingerprint density at radius 2 is 2.00 bits per heavy atom. The van der Waals surface area contributed by atoms with Gasteiger partial charge < -0.3 is 4.90 Å². The van der Waals surface area contributed by atoms with E-state index in [-0.39, 0.29) is 17.8 Å². The first-order valence-electron chi connectivity index (χ1n) is 10.8. The van der Waals surface area contributed by atoms with Crippen LogP contribution in [-0.2, 0) is 24.8 Å². The largest absolute Gasteiger partial charge is 0.334 e. The van der Waals surface area contributed by atoms with Crippen molar-refractivity contribution in [3.63, 3.8) is 0 Å². The van der Waals surface area contributed by atoms with E-state index in [0.29, 0.717) is 23.8 Å². The second-order valence-corrected chi connectivity index (χ2v) is 8.73. The molecular weight excluding hydrogens is 443 g/mol. The van der Waals surface area contributed by atoms with Crippen molar-refractivity contribution in [2.24, 2.45) is 7.05 Å². The molecule has 0 aliphatic carbocycles. The predicted octanol–water partition coefficient (Wildman–Crippen LogP) is 3.34. The Kier molecular flexibility index (Phi) is 7.15. The molecule has 0 N–H and O–H groups in total. The lowest BCUT2D eigenvalue weighted by molar-refractivity contribution is -0.130. The van der Waals surface area contributed by atoms with Gasteiger partial charge in [0.2, 0.25) is 5.91 Å². The van der Waals surface area contributed by atoms with Crippen LogP contribution in [0.4, 0.5) is 4.39 Å². The standard InChI is InChI=1S/C24H26ClFN6O/c1-17-15-31(16-18-3-8-22(26)9-4-18)11-12-32(17)24(33)10-6-19-5-7-21(25)13-20(19)14-23-27-29-30(2)28-23/h3-10,13,17H,11-12,14-16H2,1-2H3/b10-6+/t17-/m1/s1. The van der Waals surface area contributed by atoms with Crippen molar-refractivity contribution in [1.29, 1.82) is 0 Å². The topological polar surface area (TPSA) is 67.2 Å². The molecule has 0 bridgehead atoms. The number of halogens is 2. The van der Waals surface area contributed by atoms with Gasteiger partial charge in [-0.1, -0.05) is 29.8 Å². The van der Waals surface area contributed by atoms with Gasteiger partial charge in [0.25, 0.3) is 0 Å². The molecule has 2 heterocycles. The highest BCUT2D eigenvalue weighted by Gasteiger charge is 2.26. The van der Waals surface area contributed by atoms with Crippen LogP contribution in [0.25, 0.3) is 6.08 Å². The number of benzene rings is 2. The van der Waals surface area contributed by atoms with Crippen molar-refractivity contribution in [2.45, 2.75) is 25.9 Å². The van der Waals surface area contributed by atoms with Gasteiger partial charge in [-0.2, -0.15) is 4.80 Å². The van der Waals surface area contributed by atoms with E-state index in [4.69, 9.17) is 11.6 Å². The minimum Gasteiger partial charge on any atom is -0.334 e. The second-order valence-electron chi connectivity index (χ2n) is 8.29. The van der Waals surface area contributed by atoms with E-state index in [0.717, 1.165) is 36.3 Å². The molecule has 1 fully saturated rings. The third-order valence-corrected chi connectivity index (χ3v) is 5.96. The second kappa shape index (κ2) is 10.2. The van der Waals surface area contributed by atoms with E-state index in [9.17, 15) is 9.18 Å². The molecule has 7 nitrogen and oxygen atoms in total. The molecule has 1 aliphatic rings. The quantitative estimate of drug-likeness (QED) is 0.519. The first-order valence-corrected chi connectivity index (χ1v) is 11.2. The smallest absolute Gasteiger partial charge is 0.246 e. The number of hydrogen-bond acceptors (Lipinski definition) is 5. The monoisotopic (exact) mass is 468 g/mol. The van der Waals surface area contributed by atoms with Crippen molar-refractivity contribution in [1.82, 2.24) is 30.0 Å². The summed E-state index contributed by atoms with van der Waals surface area (Å²) in [7, 11) is 1.72. The maximum atomic E-state index is 13.1. The van der Waals surface area contributed by atoms with Crippen molar-refractivity contribution in [2.75, 3.05) is 19.6 Å². The van der Waals surface area contributed by atoms with E-state index in [1.54, 1.807) is 31.3 Å². The Morgan fingerprint density at radius 3 is 2.70 bits per heavy atom. The van der Waals surface area contributed by atoms with Crippen LogP contribution in [0.5, 0.6) is 0 Å². The summed E-state index contributed by atoms with van der Waals surface area (Å²) >= 11 is 6.19. The lowest BCUT2D eigenvalue weighted by Crippen LogP contribution is -2.53. The Balaban J connectivity index is 1.39. The van der Waals surface area contributed by atoms with Crippen molar-refractivity contribution in [3.05, 3.63) is 81.9 Å². The normalized spacial score (nSPS) is 17.1. The van der Waals surface area contributed by atoms with Gasteiger partial charge in [0.15, 0.2) is 5.82 Å². The highest BCUT2D eigenvalue weighted by atomic mass is 35.5. The lowest BCUT2D eigenvalue weighted by Gasteiger charge is -2.39. The van der Waals surface area contributed by atoms with Crippen LogP contribution < -0.4 is 0 Å². The van der Waals surface area contributed by atoms with E-state index in [1.165, 1.54) is 16.9 Å². The van der Waals surface area contributed by atoms with E-state index in [2.05, 4.69) is 27.2 Å². The molecule has 1 aliphatic heterocycles. The number of carbonyl (C=O) groups excluding carboxylic acids is 1. The van der Waals surface area contributed by atoms with Crippen LogP contribution in [-0.4, -0.2) is 61.6 Å². The number of nitrogens with zero attached hydrogens (tertiary/aromatic N) is 6. The first-order chi connectivity index (χ1) is 15.9. The van der Waals surface area contributed by atoms with Gasteiger partial charge in [0.1, 0.15) is 5.82 Å². The average molecular weight is 469 g/mol. The van der Waals surface area contributed by atoms with Crippen molar-refractivity contribution < 1.29 is 9.18 Å². The van der Waals surface area contributed by atoms with Gasteiger partial charge in [-0.05, 0) is 59.2 Å². The molecule has 2 aromatic carbocycles. The minimum absolute atomic E-state index is 0.0255. The Morgan fingerprint density at radius 1 is 1.21 bits per heavy atom. The molecule has 1 atom stereocenters. The number of hydrogen-bond donors (Lipinski definition) is 0. The molecule has 9 heteroatoms. The lowest BCUT2D eigenvalue weighted by atomic mass is 10.0. The highest BCUT2D eigenvalue weighted by molar-refractivity contribution is 6.30. The molecule has 0 radical (unpaired) electrons. The van der Waals surface area contributed by atoms with Gasteiger partial charge >= 0.3 is 0 Å². The summed E-state index contributed by atoms with van der Waals surface area (Å²) in [5, 5.41) is 12.7. The maximum Gasteiger partial charge on any atom is 0.246 e. The summed E-state index contributed by atoms with van der Waals surface area (Å²) in [4.78, 5) is 18.5. The molecular formula is C24H26ClFN6O. The zero-order valence-corrected chi connectivity index (χ0v) is 19.4. The molecule has 172 valence electrons. The Hall–Kier alpha value is -3.10. The molecule has 1 aromatic heterocycles. The molecule has 0 saturated carbocycles. The van der Waals surface area contributed by atoms with E-state index in [1.807, 2.05) is 23.1 Å². The zero-order chi connectivity index (χ0) is 23.4. The van der Waals surface area contributed by atoms with Gasteiger partial charge in [-0.3, -0.25) is 9.69 Å². The number of piperazine rings is 1. The predicted molar refractivity (Wildman–Crippen MR) is 125 cm³/mol. The third kappa shape index (κ3) is 6.03. The summed E-state index contributed by atoms with van der Waals surface area (Å²) in [5.74, 6) is 0.334. The zero-order valence-electron chi connectivity index (χ0n) is 18.7. The number of tetrazole rings is 1. The maximum absolute atomic E-state index is 13.1. The van der Waals surface area contributed by atoms with Gasteiger partial charge in [0, 0.05) is 49.7 Å². The van der Waals surface area contributed by atoms with Crippen LogP contribution in [0.15, 0.2) is 48.5 Å². The van der Waals surface area contributed by atoms with Crippen LogP contribution in [0, 0.1) is 5.82 Å². The number of amides is 1. The summed E-state index contributed by atoms with van der Waals surface area (Å²) in [5.41, 5.74) is 2.88.